The second-order valence-corrected chi connectivity index (χ2v) is 7.10. The summed E-state index contributed by atoms with van der Waals surface area (Å²) < 4.78 is 25.3. The van der Waals surface area contributed by atoms with Crippen molar-refractivity contribution in [2.45, 2.75) is 33.7 Å². The molecule has 0 bridgehead atoms. The van der Waals surface area contributed by atoms with Gasteiger partial charge in [-0.05, 0) is 44.0 Å². The van der Waals surface area contributed by atoms with Gasteiger partial charge >= 0.3 is 0 Å². The van der Waals surface area contributed by atoms with Gasteiger partial charge in [0.25, 0.3) is 5.91 Å². The molecule has 6 heteroatoms. The maximum atomic E-state index is 12.0. The molecule has 20 heavy (non-hydrogen) atoms. The van der Waals surface area contributed by atoms with Crippen LogP contribution < -0.4 is 10.0 Å². The monoisotopic (exact) mass is 298 g/mol. The fourth-order valence-corrected chi connectivity index (χ4v) is 2.04. The molecule has 0 aliphatic rings. The Kier molecular flexibility index (Phi) is 5.56. The van der Waals surface area contributed by atoms with Crippen molar-refractivity contribution in [3.8, 4) is 0 Å². The Morgan fingerprint density at radius 2 is 1.70 bits per heavy atom. The minimum absolute atomic E-state index is 0.0150. The molecular weight excluding hydrogens is 276 g/mol. The lowest BCUT2D eigenvalue weighted by atomic mass is 10.1. The number of sulfonamides is 1. The minimum atomic E-state index is -3.29. The third kappa shape index (κ3) is 4.85. The number of anilines is 1. The quantitative estimate of drug-likeness (QED) is 0.845. The molecule has 1 amide bonds. The first-order valence-corrected chi connectivity index (χ1v) is 8.32. The smallest absolute Gasteiger partial charge is 0.251 e. The molecule has 1 atom stereocenters. The van der Waals surface area contributed by atoms with Crippen molar-refractivity contribution >= 4 is 21.6 Å². The molecule has 0 heterocycles. The van der Waals surface area contributed by atoms with Crippen LogP contribution in [0, 0.1) is 5.92 Å². The molecule has 0 spiro atoms. The molecule has 112 valence electrons. The highest BCUT2D eigenvalue weighted by atomic mass is 32.2. The number of rotatable bonds is 6. The standard InChI is InChI=1S/C14H22N2O3S/c1-5-20(18,19)16-13-8-6-12(7-9-13)14(17)15-11(4)10(2)3/h6-11,16H,5H2,1-4H3,(H,15,17). The largest absolute Gasteiger partial charge is 0.349 e. The summed E-state index contributed by atoms with van der Waals surface area (Å²) in [5, 5.41) is 2.90. The SMILES string of the molecule is CCS(=O)(=O)Nc1ccc(C(=O)NC(C)C(C)C)cc1. The Labute approximate surface area is 120 Å². The summed E-state index contributed by atoms with van der Waals surface area (Å²) >= 11 is 0. The molecular formula is C14H22N2O3S. The zero-order valence-electron chi connectivity index (χ0n) is 12.3. The van der Waals surface area contributed by atoms with Crippen LogP contribution in [-0.4, -0.2) is 26.1 Å². The van der Waals surface area contributed by atoms with Gasteiger partial charge in [0.1, 0.15) is 0 Å². The number of hydrogen-bond donors (Lipinski definition) is 2. The van der Waals surface area contributed by atoms with Gasteiger partial charge in [-0.25, -0.2) is 8.42 Å². The van der Waals surface area contributed by atoms with Crippen LogP contribution in [0.4, 0.5) is 5.69 Å². The highest BCUT2D eigenvalue weighted by Crippen LogP contribution is 2.12. The van der Waals surface area contributed by atoms with E-state index in [9.17, 15) is 13.2 Å². The van der Waals surface area contributed by atoms with Crippen LogP contribution in [0.25, 0.3) is 0 Å². The normalized spacial score (nSPS) is 13.1. The fraction of sp³-hybridized carbons (Fsp3) is 0.500. The van der Waals surface area contributed by atoms with E-state index < -0.39 is 10.0 Å². The van der Waals surface area contributed by atoms with E-state index in [1.165, 1.54) is 0 Å². The van der Waals surface area contributed by atoms with Gasteiger partial charge in [-0.3, -0.25) is 9.52 Å². The van der Waals surface area contributed by atoms with Crippen LogP contribution in [0.2, 0.25) is 0 Å². The molecule has 1 aromatic carbocycles. The summed E-state index contributed by atoms with van der Waals surface area (Å²) in [7, 11) is -3.29. The zero-order valence-corrected chi connectivity index (χ0v) is 13.1. The molecule has 1 aromatic rings. The van der Waals surface area contributed by atoms with Crippen LogP contribution in [-0.2, 0) is 10.0 Å². The number of benzene rings is 1. The van der Waals surface area contributed by atoms with Crippen LogP contribution >= 0.6 is 0 Å². The molecule has 1 unspecified atom stereocenters. The molecule has 0 aliphatic heterocycles. The van der Waals surface area contributed by atoms with Crippen LogP contribution in [0.3, 0.4) is 0 Å². The zero-order chi connectivity index (χ0) is 15.3. The number of hydrogen-bond acceptors (Lipinski definition) is 3. The molecule has 0 saturated heterocycles. The number of nitrogens with one attached hydrogen (secondary N) is 2. The van der Waals surface area contributed by atoms with Crippen molar-refractivity contribution in [1.29, 1.82) is 0 Å². The van der Waals surface area contributed by atoms with Gasteiger partial charge in [-0.1, -0.05) is 13.8 Å². The highest BCUT2D eigenvalue weighted by molar-refractivity contribution is 7.92. The number of carbonyl (C=O) groups is 1. The van der Waals surface area contributed by atoms with Crippen molar-refractivity contribution in [3.63, 3.8) is 0 Å². The topological polar surface area (TPSA) is 75.3 Å². The number of carbonyl (C=O) groups excluding carboxylic acids is 1. The molecule has 2 N–H and O–H groups in total. The van der Waals surface area contributed by atoms with Gasteiger partial charge in [-0.2, -0.15) is 0 Å². The molecule has 0 aromatic heterocycles. The van der Waals surface area contributed by atoms with E-state index in [1.54, 1.807) is 31.2 Å². The van der Waals surface area contributed by atoms with Crippen molar-refractivity contribution in [2.75, 3.05) is 10.5 Å². The summed E-state index contributed by atoms with van der Waals surface area (Å²) in [6.07, 6.45) is 0. The summed E-state index contributed by atoms with van der Waals surface area (Å²) in [6.45, 7) is 7.59. The maximum absolute atomic E-state index is 12.0. The van der Waals surface area contributed by atoms with Crippen LogP contribution in [0.1, 0.15) is 38.1 Å². The third-order valence-corrected chi connectivity index (χ3v) is 4.47. The first-order chi connectivity index (χ1) is 9.25. The van der Waals surface area contributed by atoms with E-state index in [2.05, 4.69) is 10.0 Å². The Morgan fingerprint density at radius 1 is 1.15 bits per heavy atom. The van der Waals surface area contributed by atoms with E-state index in [0.29, 0.717) is 17.2 Å². The lowest BCUT2D eigenvalue weighted by Gasteiger charge is -2.17. The number of amides is 1. The summed E-state index contributed by atoms with van der Waals surface area (Å²) in [5.41, 5.74) is 0.970. The van der Waals surface area contributed by atoms with Gasteiger partial charge in [0, 0.05) is 17.3 Å². The van der Waals surface area contributed by atoms with E-state index in [4.69, 9.17) is 0 Å². The van der Waals surface area contributed by atoms with Crippen LogP contribution in [0.5, 0.6) is 0 Å². The fourth-order valence-electron chi connectivity index (χ4n) is 1.40. The van der Waals surface area contributed by atoms with Crippen molar-refractivity contribution in [3.05, 3.63) is 29.8 Å². The molecule has 0 radical (unpaired) electrons. The Morgan fingerprint density at radius 3 is 2.15 bits per heavy atom. The molecule has 1 rings (SSSR count). The van der Waals surface area contributed by atoms with Crippen molar-refractivity contribution in [2.24, 2.45) is 5.92 Å². The van der Waals surface area contributed by atoms with E-state index >= 15 is 0 Å². The van der Waals surface area contributed by atoms with Crippen LogP contribution in [0.15, 0.2) is 24.3 Å². The molecule has 0 aliphatic carbocycles. The predicted molar refractivity (Wildman–Crippen MR) is 81.3 cm³/mol. The van der Waals surface area contributed by atoms with Gasteiger partial charge in [0.05, 0.1) is 5.75 Å². The first-order valence-electron chi connectivity index (χ1n) is 6.66. The summed E-state index contributed by atoms with van der Waals surface area (Å²) in [4.78, 5) is 12.0. The Hall–Kier alpha value is -1.56. The molecule has 0 saturated carbocycles. The minimum Gasteiger partial charge on any atom is -0.349 e. The maximum Gasteiger partial charge on any atom is 0.251 e. The predicted octanol–water partition coefficient (Wildman–Crippen LogP) is 2.22. The van der Waals surface area contributed by atoms with Gasteiger partial charge < -0.3 is 5.32 Å². The van der Waals surface area contributed by atoms with Crippen molar-refractivity contribution in [1.82, 2.24) is 5.32 Å². The molecule has 0 fully saturated rings. The highest BCUT2D eigenvalue weighted by Gasteiger charge is 2.13. The lowest BCUT2D eigenvalue weighted by Crippen LogP contribution is -2.36. The third-order valence-electron chi connectivity index (χ3n) is 3.16. The second kappa shape index (κ2) is 6.74. The Balaban J connectivity index is 2.74. The van der Waals surface area contributed by atoms with E-state index in [1.807, 2.05) is 20.8 Å². The van der Waals surface area contributed by atoms with Crippen molar-refractivity contribution < 1.29 is 13.2 Å². The first kappa shape index (κ1) is 16.5. The summed E-state index contributed by atoms with van der Waals surface area (Å²) in [5.74, 6) is 0.215. The second-order valence-electron chi connectivity index (χ2n) is 5.09. The van der Waals surface area contributed by atoms with Gasteiger partial charge in [0.2, 0.25) is 10.0 Å². The van der Waals surface area contributed by atoms with E-state index in [0.717, 1.165) is 0 Å². The van der Waals surface area contributed by atoms with E-state index in [-0.39, 0.29) is 17.7 Å². The van der Waals surface area contributed by atoms with Gasteiger partial charge in [-0.15, -0.1) is 0 Å². The average Bonchev–Trinajstić information content (AvgIpc) is 2.38. The summed E-state index contributed by atoms with van der Waals surface area (Å²) in [6, 6.07) is 6.47. The average molecular weight is 298 g/mol. The molecule has 5 nitrogen and oxygen atoms in total. The Bertz CT molecular complexity index is 550. The van der Waals surface area contributed by atoms with Gasteiger partial charge in [0.15, 0.2) is 0 Å². The lowest BCUT2D eigenvalue weighted by molar-refractivity contribution is 0.0930.